The molecule has 1 atom stereocenters. The van der Waals surface area contributed by atoms with Gasteiger partial charge in [0.25, 0.3) is 11.7 Å². The van der Waals surface area contributed by atoms with Crippen molar-refractivity contribution < 1.29 is 37.0 Å². The molecule has 9 heteroatoms. The number of carbonyl (C=O) groups is 2. The maximum Gasteiger partial charge on any atom is 0.416 e. The Bertz CT molecular complexity index is 1650. The van der Waals surface area contributed by atoms with Gasteiger partial charge < -0.3 is 9.84 Å². The average Bonchev–Trinajstić information content (AvgIpc) is 3.22. The number of aliphatic hydroxyl groups excluding tert-OH is 1. The third kappa shape index (κ3) is 5.56. The Hall–Kier alpha value is -4.92. The van der Waals surface area contributed by atoms with Crippen LogP contribution >= 0.6 is 0 Å². The molecule has 41 heavy (non-hydrogen) atoms. The molecule has 4 aromatic rings. The number of alkyl halides is 3. The van der Waals surface area contributed by atoms with Gasteiger partial charge in [-0.1, -0.05) is 48.5 Å². The van der Waals surface area contributed by atoms with Crippen molar-refractivity contribution in [2.24, 2.45) is 0 Å². The van der Waals surface area contributed by atoms with Crippen LogP contribution in [0, 0.1) is 12.7 Å². The van der Waals surface area contributed by atoms with Crippen LogP contribution < -0.4 is 9.64 Å². The highest BCUT2D eigenvalue weighted by Gasteiger charge is 2.47. The molecule has 1 saturated heterocycles. The number of nitrogens with zero attached hydrogens (tertiary/aromatic N) is 1. The van der Waals surface area contributed by atoms with Crippen LogP contribution in [-0.2, 0) is 22.4 Å². The lowest BCUT2D eigenvalue weighted by Gasteiger charge is -2.26. The highest BCUT2D eigenvalue weighted by atomic mass is 19.4. The van der Waals surface area contributed by atoms with Crippen molar-refractivity contribution in [3.63, 3.8) is 0 Å². The van der Waals surface area contributed by atoms with Gasteiger partial charge in [-0.25, -0.2) is 4.39 Å². The number of benzene rings is 4. The van der Waals surface area contributed by atoms with Crippen LogP contribution in [0.3, 0.4) is 0 Å². The molecule has 1 aliphatic heterocycles. The lowest BCUT2D eigenvalue weighted by atomic mass is 9.94. The number of hydrogen-bond donors (Lipinski definition) is 1. The number of hydrogen-bond acceptors (Lipinski definition) is 4. The van der Waals surface area contributed by atoms with E-state index in [4.69, 9.17) is 4.74 Å². The first-order valence-corrected chi connectivity index (χ1v) is 12.6. The third-order valence-corrected chi connectivity index (χ3v) is 6.77. The number of ether oxygens (including phenoxy) is 1. The predicted molar refractivity (Wildman–Crippen MR) is 145 cm³/mol. The average molecular weight is 562 g/mol. The van der Waals surface area contributed by atoms with E-state index in [1.165, 1.54) is 24.3 Å². The number of carbonyl (C=O) groups excluding carboxylic acids is 2. The zero-order chi connectivity index (χ0) is 29.3. The summed E-state index contributed by atoms with van der Waals surface area (Å²) >= 11 is 0. The number of anilines is 1. The molecule has 1 aliphatic rings. The third-order valence-electron chi connectivity index (χ3n) is 6.77. The summed E-state index contributed by atoms with van der Waals surface area (Å²) in [5.74, 6) is -2.79. The normalized spacial score (nSPS) is 16.7. The maximum absolute atomic E-state index is 13.8. The minimum atomic E-state index is -4.70. The Kier molecular flexibility index (Phi) is 7.36. The van der Waals surface area contributed by atoms with Gasteiger partial charge in [0.2, 0.25) is 0 Å². The second-order valence-corrected chi connectivity index (χ2v) is 9.52. The van der Waals surface area contributed by atoms with Crippen LogP contribution in [0.15, 0.2) is 103 Å². The van der Waals surface area contributed by atoms with Crippen LogP contribution in [-0.4, -0.2) is 16.8 Å². The number of aryl methyl sites for hydroxylation is 1. The summed E-state index contributed by atoms with van der Waals surface area (Å²) in [6.45, 7) is 2.05. The fraction of sp³-hybridized carbons (Fsp3) is 0.125. The van der Waals surface area contributed by atoms with E-state index < -0.39 is 41.0 Å². The Morgan fingerprint density at radius 3 is 2.27 bits per heavy atom. The quantitative estimate of drug-likeness (QED) is 0.116. The zero-order valence-corrected chi connectivity index (χ0v) is 21.7. The number of rotatable bonds is 6. The van der Waals surface area contributed by atoms with Crippen molar-refractivity contribution in [3.8, 4) is 5.75 Å². The first-order valence-electron chi connectivity index (χ1n) is 12.6. The van der Waals surface area contributed by atoms with Crippen LogP contribution in [0.4, 0.5) is 23.2 Å². The summed E-state index contributed by atoms with van der Waals surface area (Å²) in [6, 6.07) is 21.7. The molecule has 1 unspecified atom stereocenters. The van der Waals surface area contributed by atoms with E-state index in [1.807, 2.05) is 30.3 Å². The molecule has 0 spiro atoms. The van der Waals surface area contributed by atoms with Crippen molar-refractivity contribution in [1.29, 1.82) is 0 Å². The van der Waals surface area contributed by atoms with E-state index in [-0.39, 0.29) is 22.4 Å². The summed E-state index contributed by atoms with van der Waals surface area (Å²) in [7, 11) is 0. The summed E-state index contributed by atoms with van der Waals surface area (Å²) < 4.78 is 60.1. The van der Waals surface area contributed by atoms with Gasteiger partial charge in [-0.2, -0.15) is 13.2 Å². The van der Waals surface area contributed by atoms with Crippen molar-refractivity contribution >= 4 is 23.1 Å². The number of aliphatic hydroxyl groups is 1. The second kappa shape index (κ2) is 10.9. The molecule has 4 aromatic carbocycles. The van der Waals surface area contributed by atoms with E-state index in [2.05, 4.69) is 0 Å². The number of amides is 1. The number of Topliss-reactive ketones (excluding diaryl/α,β-unsaturated/α-hetero) is 1. The molecule has 208 valence electrons. The highest BCUT2D eigenvalue weighted by molar-refractivity contribution is 6.51. The van der Waals surface area contributed by atoms with Gasteiger partial charge in [0.05, 0.1) is 17.2 Å². The molecular weight excluding hydrogens is 538 g/mol. The number of halogens is 4. The lowest BCUT2D eigenvalue weighted by molar-refractivity contribution is -0.137. The fourth-order valence-corrected chi connectivity index (χ4v) is 4.74. The summed E-state index contributed by atoms with van der Waals surface area (Å²) in [5.41, 5.74) is 0.458. The van der Waals surface area contributed by atoms with Crippen molar-refractivity contribution in [2.75, 3.05) is 4.90 Å². The monoisotopic (exact) mass is 561 g/mol. The topological polar surface area (TPSA) is 66.8 Å². The Morgan fingerprint density at radius 1 is 0.902 bits per heavy atom. The lowest BCUT2D eigenvalue weighted by Crippen LogP contribution is -2.29. The van der Waals surface area contributed by atoms with E-state index in [9.17, 15) is 32.3 Å². The van der Waals surface area contributed by atoms with Crippen LogP contribution in [0.2, 0.25) is 0 Å². The van der Waals surface area contributed by atoms with Crippen molar-refractivity contribution in [1.82, 2.24) is 0 Å². The Labute approximate surface area is 232 Å². The van der Waals surface area contributed by atoms with E-state index >= 15 is 0 Å². The van der Waals surface area contributed by atoms with E-state index in [1.54, 1.807) is 19.1 Å². The van der Waals surface area contributed by atoms with Gasteiger partial charge >= 0.3 is 6.18 Å². The summed E-state index contributed by atoms with van der Waals surface area (Å²) in [4.78, 5) is 27.5. The SMILES string of the molecule is Cc1cc(/C(O)=C2\C(=O)C(=O)N(c3cccc(C(F)(F)F)c3)C2c2ccc(F)cc2)ccc1OCc1ccccc1. The number of ketones is 1. The zero-order valence-electron chi connectivity index (χ0n) is 21.7. The Morgan fingerprint density at radius 2 is 1.61 bits per heavy atom. The molecule has 0 aliphatic carbocycles. The maximum atomic E-state index is 13.8. The summed E-state index contributed by atoms with van der Waals surface area (Å²) in [6.07, 6.45) is -4.70. The van der Waals surface area contributed by atoms with Gasteiger partial charge in [0.1, 0.15) is 23.9 Å². The van der Waals surface area contributed by atoms with Gasteiger partial charge in [0.15, 0.2) is 0 Å². The largest absolute Gasteiger partial charge is 0.507 e. The van der Waals surface area contributed by atoms with Crippen LogP contribution in [0.25, 0.3) is 5.76 Å². The van der Waals surface area contributed by atoms with Gasteiger partial charge in [-0.15, -0.1) is 0 Å². The van der Waals surface area contributed by atoms with Crippen molar-refractivity contribution in [2.45, 2.75) is 25.7 Å². The van der Waals surface area contributed by atoms with Gasteiger partial charge in [-0.3, -0.25) is 14.5 Å². The van der Waals surface area contributed by atoms with E-state index in [0.29, 0.717) is 17.9 Å². The molecule has 5 rings (SSSR count). The summed E-state index contributed by atoms with van der Waals surface area (Å²) in [5, 5.41) is 11.4. The molecule has 0 saturated carbocycles. The molecule has 0 bridgehead atoms. The first-order chi connectivity index (χ1) is 19.5. The van der Waals surface area contributed by atoms with Crippen LogP contribution in [0.5, 0.6) is 5.75 Å². The van der Waals surface area contributed by atoms with Gasteiger partial charge in [-0.05, 0) is 72.1 Å². The molecule has 0 radical (unpaired) electrons. The molecule has 1 heterocycles. The molecule has 5 nitrogen and oxygen atoms in total. The minimum absolute atomic E-state index is 0.198. The molecule has 1 fully saturated rings. The van der Waals surface area contributed by atoms with Crippen LogP contribution in [0.1, 0.15) is 33.9 Å². The molecule has 0 aromatic heterocycles. The minimum Gasteiger partial charge on any atom is -0.507 e. The fourth-order valence-electron chi connectivity index (χ4n) is 4.74. The van der Waals surface area contributed by atoms with E-state index in [0.717, 1.165) is 40.8 Å². The first kappa shape index (κ1) is 27.6. The standard InChI is InChI=1S/C32H23F4NO4/c1-19-16-22(12-15-26(19)41-18-20-6-3-2-4-7-20)29(38)27-28(21-10-13-24(33)14-11-21)37(31(40)30(27)39)25-9-5-8-23(17-25)32(34,35)36/h2-17,28,38H,18H2,1H3/b29-27+. The second-order valence-electron chi connectivity index (χ2n) is 9.52. The molecule has 1 amide bonds. The smallest absolute Gasteiger partial charge is 0.416 e. The van der Waals surface area contributed by atoms with Crippen molar-refractivity contribution in [3.05, 3.63) is 136 Å². The molecule has 1 N–H and O–H groups in total. The molecular formula is C32H23F4NO4. The predicted octanol–water partition coefficient (Wildman–Crippen LogP) is 7.36. The Balaban J connectivity index is 1.58. The highest BCUT2D eigenvalue weighted by Crippen LogP contribution is 2.43. The van der Waals surface area contributed by atoms with Gasteiger partial charge in [0, 0.05) is 11.3 Å².